The quantitative estimate of drug-likeness (QED) is 0.405. The van der Waals surface area contributed by atoms with E-state index < -0.39 is 29.6 Å². The fraction of sp³-hybridized carbons (Fsp3) is 0.533. The fourth-order valence-corrected chi connectivity index (χ4v) is 4.48. The summed E-state index contributed by atoms with van der Waals surface area (Å²) in [6.07, 6.45) is 1.60. The maximum atomic E-state index is 13.7. The molecule has 12 heteroatoms. The molecule has 0 radical (unpaired) electrons. The van der Waals surface area contributed by atoms with E-state index in [1.807, 2.05) is 30.3 Å². The average molecular weight is 581 g/mol. The lowest BCUT2D eigenvalue weighted by Crippen LogP contribution is -2.56. The molecule has 1 aromatic heterocycles. The van der Waals surface area contributed by atoms with Crippen molar-refractivity contribution < 1.29 is 28.7 Å². The third-order valence-corrected chi connectivity index (χ3v) is 6.70. The maximum Gasteiger partial charge on any atom is 0.409 e. The third-order valence-electron chi connectivity index (χ3n) is 6.70. The number of rotatable bonds is 10. The summed E-state index contributed by atoms with van der Waals surface area (Å²) in [5.74, 6) is -0.447. The summed E-state index contributed by atoms with van der Waals surface area (Å²) in [6.45, 7) is 8.47. The maximum absolute atomic E-state index is 13.7. The number of nitrogens with one attached hydrogen (secondary N) is 2. The van der Waals surface area contributed by atoms with E-state index in [-0.39, 0.29) is 44.1 Å². The summed E-state index contributed by atoms with van der Waals surface area (Å²) in [4.78, 5) is 64.1. The van der Waals surface area contributed by atoms with Gasteiger partial charge in [-0.3, -0.25) is 14.4 Å². The molecule has 1 aromatic carbocycles. The molecule has 1 atom stereocenters. The van der Waals surface area contributed by atoms with Gasteiger partial charge in [-0.05, 0) is 47.0 Å². The number of piperazine rings is 1. The van der Waals surface area contributed by atoms with E-state index in [0.717, 1.165) is 18.4 Å². The molecule has 42 heavy (non-hydrogen) atoms. The van der Waals surface area contributed by atoms with Crippen LogP contribution < -0.4 is 10.6 Å². The first-order chi connectivity index (χ1) is 20.0. The minimum atomic E-state index is -1.01. The van der Waals surface area contributed by atoms with Crippen LogP contribution in [0.1, 0.15) is 63.9 Å². The van der Waals surface area contributed by atoms with Gasteiger partial charge in [-0.1, -0.05) is 30.3 Å². The van der Waals surface area contributed by atoms with Crippen LogP contribution in [0.3, 0.4) is 0 Å². The van der Waals surface area contributed by atoms with E-state index in [9.17, 15) is 19.2 Å². The molecule has 0 bridgehead atoms. The number of carbonyl (C=O) groups excluding carboxylic acids is 4. The van der Waals surface area contributed by atoms with Gasteiger partial charge in [-0.15, -0.1) is 0 Å². The van der Waals surface area contributed by atoms with Crippen LogP contribution in [0.2, 0.25) is 0 Å². The molecule has 0 unspecified atom stereocenters. The van der Waals surface area contributed by atoms with Crippen LogP contribution in [-0.4, -0.2) is 94.1 Å². The normalized spacial score (nSPS) is 15.9. The SMILES string of the molecule is CCOC(=O)N1CCN(C(=O)[C@H](CCC(=O)OC(C)(C)C)NC(=O)c2cc(NC3CC3)nc(-c3ccccc3)n2)CC1. The topological polar surface area (TPSA) is 143 Å². The zero-order valence-electron chi connectivity index (χ0n) is 24.7. The number of anilines is 1. The standard InChI is InChI=1S/C30H40N6O6/c1-5-41-29(40)36-17-15-35(16-18-36)28(39)22(13-14-25(37)42-30(2,3)4)33-27(38)23-19-24(31-21-11-12-21)34-26(32-23)20-9-7-6-8-10-20/h6-10,19,21-22H,5,11-18H2,1-4H3,(H,33,38)(H,31,32,34)/t22-/m0/s1. The number of carbonyl (C=O) groups is 4. The molecule has 2 aromatic rings. The highest BCUT2D eigenvalue weighted by Gasteiger charge is 2.32. The highest BCUT2D eigenvalue weighted by atomic mass is 16.6. The molecule has 226 valence electrons. The Balaban J connectivity index is 1.52. The number of nitrogens with zero attached hydrogens (tertiary/aromatic N) is 4. The molecule has 12 nitrogen and oxygen atoms in total. The lowest BCUT2D eigenvalue weighted by Gasteiger charge is -2.36. The molecule has 1 aliphatic heterocycles. The first-order valence-corrected chi connectivity index (χ1v) is 14.5. The van der Waals surface area contributed by atoms with Crippen molar-refractivity contribution in [1.29, 1.82) is 0 Å². The summed E-state index contributed by atoms with van der Waals surface area (Å²) in [5.41, 5.74) is 0.181. The van der Waals surface area contributed by atoms with Gasteiger partial charge >= 0.3 is 12.1 Å². The van der Waals surface area contributed by atoms with E-state index in [2.05, 4.69) is 20.6 Å². The predicted molar refractivity (Wildman–Crippen MR) is 156 cm³/mol. The van der Waals surface area contributed by atoms with Crippen LogP contribution in [0.4, 0.5) is 10.6 Å². The number of benzene rings is 1. The van der Waals surface area contributed by atoms with Crippen molar-refractivity contribution in [2.45, 2.75) is 71.1 Å². The average Bonchev–Trinajstić information content (AvgIpc) is 3.78. The summed E-state index contributed by atoms with van der Waals surface area (Å²) in [7, 11) is 0. The molecule has 3 amide bonds. The molecule has 1 saturated carbocycles. The van der Waals surface area contributed by atoms with E-state index >= 15 is 0 Å². The molecule has 2 N–H and O–H groups in total. The number of esters is 1. The Kier molecular flexibility index (Phi) is 9.97. The number of ether oxygens (including phenoxy) is 2. The zero-order chi connectivity index (χ0) is 30.3. The van der Waals surface area contributed by atoms with Gasteiger partial charge in [0.15, 0.2) is 5.82 Å². The molecule has 2 aliphatic rings. The lowest BCUT2D eigenvalue weighted by molar-refractivity contribution is -0.155. The van der Waals surface area contributed by atoms with Crippen LogP contribution in [-0.2, 0) is 19.1 Å². The van der Waals surface area contributed by atoms with Crippen LogP contribution >= 0.6 is 0 Å². The van der Waals surface area contributed by atoms with Crippen molar-refractivity contribution in [1.82, 2.24) is 25.1 Å². The highest BCUT2D eigenvalue weighted by Crippen LogP contribution is 2.26. The Morgan fingerprint density at radius 3 is 2.29 bits per heavy atom. The summed E-state index contributed by atoms with van der Waals surface area (Å²) < 4.78 is 10.5. The Morgan fingerprint density at radius 1 is 1.00 bits per heavy atom. The van der Waals surface area contributed by atoms with E-state index in [4.69, 9.17) is 9.47 Å². The predicted octanol–water partition coefficient (Wildman–Crippen LogP) is 3.24. The second-order valence-corrected chi connectivity index (χ2v) is 11.4. The number of hydrogen-bond acceptors (Lipinski definition) is 9. The highest BCUT2D eigenvalue weighted by molar-refractivity contribution is 5.97. The third kappa shape index (κ3) is 8.89. The summed E-state index contributed by atoms with van der Waals surface area (Å²) in [6, 6.07) is 10.2. The van der Waals surface area contributed by atoms with Gasteiger partial charge in [0.1, 0.15) is 23.2 Å². The van der Waals surface area contributed by atoms with E-state index in [0.29, 0.717) is 30.8 Å². The van der Waals surface area contributed by atoms with Gasteiger partial charge in [0, 0.05) is 50.3 Å². The molecule has 2 heterocycles. The monoisotopic (exact) mass is 580 g/mol. The second kappa shape index (κ2) is 13.6. The molecule has 2 fully saturated rings. The Bertz CT molecular complexity index is 1270. The summed E-state index contributed by atoms with van der Waals surface area (Å²) in [5, 5.41) is 6.14. The molecular weight excluding hydrogens is 540 g/mol. The van der Waals surface area contributed by atoms with Crippen LogP contribution in [0, 0.1) is 0 Å². The first-order valence-electron chi connectivity index (χ1n) is 14.5. The minimum Gasteiger partial charge on any atom is -0.460 e. The van der Waals surface area contributed by atoms with Crippen molar-refractivity contribution in [2.24, 2.45) is 0 Å². The molecule has 1 saturated heterocycles. The van der Waals surface area contributed by atoms with Crippen molar-refractivity contribution in [2.75, 3.05) is 38.1 Å². The lowest BCUT2D eigenvalue weighted by atomic mass is 10.1. The largest absolute Gasteiger partial charge is 0.460 e. The van der Waals surface area contributed by atoms with Crippen LogP contribution in [0.15, 0.2) is 36.4 Å². The van der Waals surface area contributed by atoms with Gasteiger partial charge in [0.2, 0.25) is 5.91 Å². The molecule has 4 rings (SSSR count). The smallest absolute Gasteiger partial charge is 0.409 e. The van der Waals surface area contributed by atoms with Gasteiger partial charge in [-0.25, -0.2) is 14.8 Å². The number of hydrogen-bond donors (Lipinski definition) is 2. The summed E-state index contributed by atoms with van der Waals surface area (Å²) >= 11 is 0. The van der Waals surface area contributed by atoms with Crippen molar-refractivity contribution >= 4 is 29.7 Å². The Labute approximate surface area is 246 Å². The van der Waals surface area contributed by atoms with E-state index in [1.54, 1.807) is 43.6 Å². The Morgan fingerprint density at radius 2 is 1.67 bits per heavy atom. The number of amides is 3. The minimum absolute atomic E-state index is 0.0430. The van der Waals surface area contributed by atoms with E-state index in [1.165, 1.54) is 0 Å². The molecule has 0 spiro atoms. The number of aromatic nitrogens is 2. The first kappa shape index (κ1) is 30.7. The second-order valence-electron chi connectivity index (χ2n) is 11.4. The van der Waals surface area contributed by atoms with Gasteiger partial charge in [0.25, 0.3) is 5.91 Å². The van der Waals surface area contributed by atoms with Gasteiger partial charge in [0.05, 0.1) is 6.61 Å². The van der Waals surface area contributed by atoms with Gasteiger partial charge < -0.3 is 29.9 Å². The van der Waals surface area contributed by atoms with Crippen molar-refractivity contribution in [3.8, 4) is 11.4 Å². The zero-order valence-corrected chi connectivity index (χ0v) is 24.7. The van der Waals surface area contributed by atoms with Gasteiger partial charge in [-0.2, -0.15) is 0 Å². The fourth-order valence-electron chi connectivity index (χ4n) is 4.48. The molecular formula is C30H40N6O6. The van der Waals surface area contributed by atoms with Crippen molar-refractivity contribution in [3.05, 3.63) is 42.1 Å². The molecule has 1 aliphatic carbocycles. The Hall–Kier alpha value is -4.22. The van der Waals surface area contributed by atoms with Crippen molar-refractivity contribution in [3.63, 3.8) is 0 Å². The van der Waals surface area contributed by atoms with Crippen LogP contribution in [0.25, 0.3) is 11.4 Å². The van der Waals surface area contributed by atoms with Crippen LogP contribution in [0.5, 0.6) is 0 Å².